The highest BCUT2D eigenvalue weighted by Gasteiger charge is 1.95. The third-order valence-electron chi connectivity index (χ3n) is 1.63. The van der Waals surface area contributed by atoms with Gasteiger partial charge in [-0.15, -0.1) is 0 Å². The number of hydrogen-bond acceptors (Lipinski definition) is 2. The van der Waals surface area contributed by atoms with Crippen LogP contribution >= 0.6 is 11.6 Å². The SMILES string of the molecule is C/C(=C/Cl)Cn1ccc(=O)c(N)c1. The normalized spacial score (nSPS) is 11.7. The van der Waals surface area contributed by atoms with E-state index in [0.717, 1.165) is 5.57 Å². The molecule has 1 rings (SSSR count). The van der Waals surface area contributed by atoms with Crippen LogP contribution in [-0.2, 0) is 6.54 Å². The van der Waals surface area contributed by atoms with Gasteiger partial charge >= 0.3 is 0 Å². The smallest absolute Gasteiger partial charge is 0.204 e. The van der Waals surface area contributed by atoms with Crippen molar-refractivity contribution in [2.24, 2.45) is 0 Å². The molecule has 0 unspecified atom stereocenters. The molecule has 13 heavy (non-hydrogen) atoms. The topological polar surface area (TPSA) is 48.0 Å². The third kappa shape index (κ3) is 2.63. The van der Waals surface area contributed by atoms with E-state index in [9.17, 15) is 4.79 Å². The van der Waals surface area contributed by atoms with Crippen molar-refractivity contribution in [3.05, 3.63) is 39.8 Å². The molecule has 0 fully saturated rings. The molecule has 0 spiro atoms. The summed E-state index contributed by atoms with van der Waals surface area (Å²) in [6.07, 6.45) is 3.29. The summed E-state index contributed by atoms with van der Waals surface area (Å²) in [5.41, 5.74) is 8.07. The molecule has 1 heterocycles. The first-order chi connectivity index (χ1) is 6.13. The fourth-order valence-electron chi connectivity index (χ4n) is 0.966. The van der Waals surface area contributed by atoms with E-state index in [1.165, 1.54) is 11.6 Å². The zero-order chi connectivity index (χ0) is 9.84. The molecule has 0 saturated carbocycles. The fraction of sp³-hybridized carbons (Fsp3) is 0.222. The van der Waals surface area contributed by atoms with Crippen LogP contribution in [0.3, 0.4) is 0 Å². The number of pyridine rings is 1. The van der Waals surface area contributed by atoms with Crippen LogP contribution in [0, 0.1) is 0 Å². The van der Waals surface area contributed by atoms with Crippen molar-refractivity contribution in [3.8, 4) is 0 Å². The highest BCUT2D eigenvalue weighted by atomic mass is 35.5. The minimum absolute atomic E-state index is 0.149. The molecule has 0 amide bonds. The highest BCUT2D eigenvalue weighted by molar-refractivity contribution is 6.25. The van der Waals surface area contributed by atoms with Crippen molar-refractivity contribution >= 4 is 17.3 Å². The number of anilines is 1. The second-order valence-electron chi connectivity index (χ2n) is 2.89. The van der Waals surface area contributed by atoms with Crippen molar-refractivity contribution < 1.29 is 0 Å². The summed E-state index contributed by atoms with van der Waals surface area (Å²) in [6.45, 7) is 2.55. The Balaban J connectivity index is 2.92. The van der Waals surface area contributed by atoms with E-state index >= 15 is 0 Å². The standard InChI is InChI=1S/C9H11ClN2O/c1-7(4-10)5-12-3-2-9(13)8(11)6-12/h2-4,6H,5,11H2,1H3/b7-4-. The zero-order valence-electron chi connectivity index (χ0n) is 7.33. The molecule has 0 aliphatic carbocycles. The molecule has 0 radical (unpaired) electrons. The number of allylic oxidation sites excluding steroid dienone is 1. The quantitative estimate of drug-likeness (QED) is 0.784. The Labute approximate surface area is 81.4 Å². The van der Waals surface area contributed by atoms with Crippen LogP contribution in [0.4, 0.5) is 5.69 Å². The van der Waals surface area contributed by atoms with Crippen molar-refractivity contribution in [2.75, 3.05) is 5.73 Å². The summed E-state index contributed by atoms with van der Waals surface area (Å²) >= 11 is 5.50. The van der Waals surface area contributed by atoms with Crippen molar-refractivity contribution in [1.29, 1.82) is 0 Å². The number of rotatable bonds is 2. The summed E-state index contributed by atoms with van der Waals surface area (Å²) in [5, 5.41) is 0. The molecule has 4 heteroatoms. The van der Waals surface area contributed by atoms with Gasteiger partial charge in [0.05, 0.1) is 5.69 Å². The summed E-state index contributed by atoms with van der Waals surface area (Å²) < 4.78 is 1.81. The molecule has 0 atom stereocenters. The molecular weight excluding hydrogens is 188 g/mol. The lowest BCUT2D eigenvalue weighted by atomic mass is 10.3. The van der Waals surface area contributed by atoms with E-state index < -0.39 is 0 Å². The number of nitrogens with zero attached hydrogens (tertiary/aromatic N) is 1. The van der Waals surface area contributed by atoms with Gasteiger partial charge in [0, 0.05) is 30.5 Å². The van der Waals surface area contributed by atoms with Gasteiger partial charge in [0.15, 0.2) is 0 Å². The molecule has 0 aliphatic heterocycles. The van der Waals surface area contributed by atoms with Gasteiger partial charge in [0.2, 0.25) is 5.43 Å². The van der Waals surface area contributed by atoms with Crippen LogP contribution in [0.15, 0.2) is 34.4 Å². The number of nitrogens with two attached hydrogens (primary N) is 1. The second-order valence-corrected chi connectivity index (χ2v) is 3.11. The number of halogens is 1. The van der Waals surface area contributed by atoms with Crippen LogP contribution < -0.4 is 11.2 Å². The summed E-state index contributed by atoms with van der Waals surface area (Å²) in [4.78, 5) is 10.9. The van der Waals surface area contributed by atoms with Gasteiger partial charge in [0.25, 0.3) is 0 Å². The maximum atomic E-state index is 10.9. The molecule has 70 valence electrons. The summed E-state index contributed by atoms with van der Waals surface area (Å²) in [7, 11) is 0. The lowest BCUT2D eigenvalue weighted by molar-refractivity contribution is 0.778. The number of nitrogen functional groups attached to an aromatic ring is 1. The van der Waals surface area contributed by atoms with Gasteiger partial charge in [-0.3, -0.25) is 4.79 Å². The Hall–Kier alpha value is -1.22. The van der Waals surface area contributed by atoms with Crippen molar-refractivity contribution in [3.63, 3.8) is 0 Å². The Morgan fingerprint density at radius 2 is 2.46 bits per heavy atom. The summed E-state index contributed by atoms with van der Waals surface area (Å²) in [6, 6.07) is 1.44. The maximum absolute atomic E-state index is 10.9. The first-order valence-electron chi connectivity index (χ1n) is 3.85. The zero-order valence-corrected chi connectivity index (χ0v) is 8.08. The second kappa shape index (κ2) is 4.14. The van der Waals surface area contributed by atoms with Crippen LogP contribution in [0.5, 0.6) is 0 Å². The lowest BCUT2D eigenvalue weighted by Gasteiger charge is -2.05. The molecule has 1 aromatic rings. The van der Waals surface area contributed by atoms with Crippen LogP contribution in [0.25, 0.3) is 0 Å². The Kier molecular flexibility index (Phi) is 3.14. The molecule has 0 saturated heterocycles. The Bertz CT molecular complexity index is 381. The molecule has 0 aliphatic rings. The summed E-state index contributed by atoms with van der Waals surface area (Å²) in [5.74, 6) is 0. The van der Waals surface area contributed by atoms with E-state index in [2.05, 4.69) is 0 Å². The fourth-order valence-corrected chi connectivity index (χ4v) is 1.03. The van der Waals surface area contributed by atoms with Gasteiger partial charge in [-0.05, 0) is 12.5 Å². The minimum atomic E-state index is -0.149. The Morgan fingerprint density at radius 1 is 1.77 bits per heavy atom. The molecule has 0 aromatic carbocycles. The third-order valence-corrected chi connectivity index (χ3v) is 2.00. The predicted molar refractivity (Wildman–Crippen MR) is 54.7 cm³/mol. The average molecular weight is 199 g/mol. The predicted octanol–water partition coefficient (Wildman–Crippen LogP) is 1.57. The van der Waals surface area contributed by atoms with Crippen LogP contribution in [-0.4, -0.2) is 4.57 Å². The number of hydrogen-bond donors (Lipinski definition) is 1. The van der Waals surface area contributed by atoms with Crippen molar-refractivity contribution in [1.82, 2.24) is 4.57 Å². The molecule has 0 bridgehead atoms. The first kappa shape index (κ1) is 9.86. The monoisotopic (exact) mass is 198 g/mol. The van der Waals surface area contributed by atoms with Crippen LogP contribution in [0.1, 0.15) is 6.92 Å². The highest BCUT2D eigenvalue weighted by Crippen LogP contribution is 2.01. The van der Waals surface area contributed by atoms with E-state index in [4.69, 9.17) is 17.3 Å². The van der Waals surface area contributed by atoms with E-state index in [1.807, 2.05) is 11.5 Å². The molecular formula is C9H11ClN2O. The lowest BCUT2D eigenvalue weighted by Crippen LogP contribution is -2.11. The van der Waals surface area contributed by atoms with E-state index in [-0.39, 0.29) is 11.1 Å². The van der Waals surface area contributed by atoms with Gasteiger partial charge in [-0.1, -0.05) is 11.6 Å². The Morgan fingerprint density at radius 3 is 3.00 bits per heavy atom. The maximum Gasteiger partial charge on any atom is 0.204 e. The average Bonchev–Trinajstić information content (AvgIpc) is 2.11. The molecule has 3 nitrogen and oxygen atoms in total. The largest absolute Gasteiger partial charge is 0.394 e. The van der Waals surface area contributed by atoms with Gasteiger partial charge < -0.3 is 10.3 Å². The minimum Gasteiger partial charge on any atom is -0.394 e. The van der Waals surface area contributed by atoms with Gasteiger partial charge in [0.1, 0.15) is 0 Å². The molecule has 1 aromatic heterocycles. The first-order valence-corrected chi connectivity index (χ1v) is 4.28. The molecule has 2 N–H and O–H groups in total. The van der Waals surface area contributed by atoms with Gasteiger partial charge in [-0.2, -0.15) is 0 Å². The van der Waals surface area contributed by atoms with E-state index in [1.54, 1.807) is 12.4 Å². The van der Waals surface area contributed by atoms with Crippen LogP contribution in [0.2, 0.25) is 0 Å². The van der Waals surface area contributed by atoms with Crippen molar-refractivity contribution in [2.45, 2.75) is 13.5 Å². The van der Waals surface area contributed by atoms with E-state index in [0.29, 0.717) is 6.54 Å². The van der Waals surface area contributed by atoms with Gasteiger partial charge in [-0.25, -0.2) is 0 Å². The number of aromatic nitrogens is 1.